The van der Waals surface area contributed by atoms with Gasteiger partial charge in [-0.1, -0.05) is 12.1 Å². The summed E-state index contributed by atoms with van der Waals surface area (Å²) in [5, 5.41) is 8.53. The number of ether oxygens (including phenoxy) is 3. The molecule has 6 nitrogen and oxygen atoms in total. The molecule has 0 radical (unpaired) electrons. The Labute approximate surface area is 118 Å². The normalized spacial score (nSPS) is 10.5. The molecule has 0 aliphatic rings. The van der Waals surface area contributed by atoms with Crippen LogP contribution in [-0.4, -0.2) is 51.2 Å². The van der Waals surface area contributed by atoms with Crippen LogP contribution in [0.25, 0.3) is 0 Å². The number of hydrogen-bond donors (Lipinski definition) is 2. The smallest absolute Gasteiger partial charge is 0.252 e. The molecule has 20 heavy (non-hydrogen) atoms. The Bertz CT molecular complexity index is 422. The van der Waals surface area contributed by atoms with Gasteiger partial charge in [0.2, 0.25) is 0 Å². The largest absolute Gasteiger partial charge is 0.496 e. The van der Waals surface area contributed by atoms with E-state index in [1.165, 1.54) is 7.11 Å². The van der Waals surface area contributed by atoms with E-state index in [0.29, 0.717) is 44.2 Å². The molecule has 1 aromatic carbocycles. The molecule has 6 heteroatoms. The molecule has 0 aliphatic heterocycles. The summed E-state index contributed by atoms with van der Waals surface area (Å²) in [5.41, 5.74) is 6.54. The Morgan fingerprint density at radius 1 is 1.20 bits per heavy atom. The lowest BCUT2D eigenvalue weighted by molar-refractivity contribution is 0.0339. The summed E-state index contributed by atoms with van der Waals surface area (Å²) >= 11 is 0. The van der Waals surface area contributed by atoms with Crippen molar-refractivity contribution < 1.29 is 24.1 Å². The van der Waals surface area contributed by atoms with E-state index in [-0.39, 0.29) is 6.61 Å². The lowest BCUT2D eigenvalue weighted by atomic mass is 10.1. The maximum atomic E-state index is 11.3. The molecule has 0 saturated carbocycles. The Balaban J connectivity index is 2.44. The van der Waals surface area contributed by atoms with E-state index < -0.39 is 5.91 Å². The summed E-state index contributed by atoms with van der Waals surface area (Å²) in [5.74, 6) is -0.0119. The molecule has 1 rings (SSSR count). The van der Waals surface area contributed by atoms with Crippen molar-refractivity contribution in [1.82, 2.24) is 0 Å². The number of benzene rings is 1. The first kappa shape index (κ1) is 16.4. The molecule has 0 saturated heterocycles. The van der Waals surface area contributed by atoms with Crippen LogP contribution in [0, 0.1) is 0 Å². The molecular formula is C14H21NO5. The average Bonchev–Trinajstić information content (AvgIpc) is 2.45. The standard InChI is InChI=1S/C14H21NO5/c1-18-13-11(3-2-4-12(13)14(15)17)5-7-19-9-10-20-8-6-16/h2-4,16H,5-10H2,1H3,(H2,15,17). The van der Waals surface area contributed by atoms with Crippen LogP contribution in [0.1, 0.15) is 15.9 Å². The first-order valence-corrected chi connectivity index (χ1v) is 6.42. The lowest BCUT2D eigenvalue weighted by Crippen LogP contribution is -2.14. The molecule has 112 valence electrons. The second-order valence-corrected chi connectivity index (χ2v) is 4.06. The summed E-state index contributed by atoms with van der Waals surface area (Å²) in [7, 11) is 1.51. The molecule has 0 aromatic heterocycles. The SMILES string of the molecule is COc1c(CCOCCOCCO)cccc1C(N)=O. The van der Waals surface area contributed by atoms with Gasteiger partial charge in [0.1, 0.15) is 5.75 Å². The van der Waals surface area contributed by atoms with Crippen molar-refractivity contribution in [2.24, 2.45) is 5.73 Å². The van der Waals surface area contributed by atoms with Gasteiger partial charge in [-0.25, -0.2) is 0 Å². The Morgan fingerprint density at radius 2 is 1.90 bits per heavy atom. The molecule has 0 aliphatic carbocycles. The summed E-state index contributed by atoms with van der Waals surface area (Å²) in [6, 6.07) is 5.27. The third kappa shape index (κ3) is 5.16. The van der Waals surface area contributed by atoms with Gasteiger partial charge >= 0.3 is 0 Å². The van der Waals surface area contributed by atoms with E-state index >= 15 is 0 Å². The van der Waals surface area contributed by atoms with E-state index in [1.54, 1.807) is 12.1 Å². The number of carbonyl (C=O) groups is 1. The maximum Gasteiger partial charge on any atom is 0.252 e. The lowest BCUT2D eigenvalue weighted by Gasteiger charge is -2.12. The zero-order valence-electron chi connectivity index (χ0n) is 11.6. The predicted octanol–water partition coefficient (Wildman–Crippen LogP) is 0.362. The molecule has 0 bridgehead atoms. The number of aliphatic hydroxyl groups is 1. The van der Waals surface area contributed by atoms with Gasteiger partial charge in [-0.2, -0.15) is 0 Å². The van der Waals surface area contributed by atoms with Crippen molar-refractivity contribution in [3.8, 4) is 5.75 Å². The van der Waals surface area contributed by atoms with E-state index in [2.05, 4.69) is 0 Å². The average molecular weight is 283 g/mol. The topological polar surface area (TPSA) is 91.0 Å². The van der Waals surface area contributed by atoms with Gasteiger partial charge in [0, 0.05) is 0 Å². The molecule has 0 unspecified atom stereocenters. The second-order valence-electron chi connectivity index (χ2n) is 4.06. The monoisotopic (exact) mass is 283 g/mol. The van der Waals surface area contributed by atoms with Crippen LogP contribution in [0.3, 0.4) is 0 Å². The van der Waals surface area contributed by atoms with Crippen LogP contribution >= 0.6 is 0 Å². The molecule has 1 amide bonds. The highest BCUT2D eigenvalue weighted by Gasteiger charge is 2.12. The van der Waals surface area contributed by atoms with Crippen LogP contribution in [0.15, 0.2) is 18.2 Å². The third-order valence-electron chi connectivity index (χ3n) is 2.69. The minimum Gasteiger partial charge on any atom is -0.496 e. The fourth-order valence-corrected chi connectivity index (χ4v) is 1.79. The summed E-state index contributed by atoms with van der Waals surface area (Å²) in [6.45, 7) is 1.72. The van der Waals surface area contributed by atoms with Crippen molar-refractivity contribution in [1.29, 1.82) is 0 Å². The van der Waals surface area contributed by atoms with Crippen molar-refractivity contribution in [3.63, 3.8) is 0 Å². The summed E-state index contributed by atoms with van der Waals surface area (Å²) in [4.78, 5) is 11.3. The maximum absolute atomic E-state index is 11.3. The zero-order chi connectivity index (χ0) is 14.8. The summed E-state index contributed by atoms with van der Waals surface area (Å²) in [6.07, 6.45) is 0.615. The zero-order valence-corrected chi connectivity index (χ0v) is 11.6. The molecule has 0 spiro atoms. The second kappa shape index (κ2) is 9.30. The van der Waals surface area contributed by atoms with E-state index in [0.717, 1.165) is 5.56 Å². The first-order valence-electron chi connectivity index (χ1n) is 6.42. The van der Waals surface area contributed by atoms with Gasteiger partial charge in [0.15, 0.2) is 0 Å². The first-order chi connectivity index (χ1) is 9.70. The van der Waals surface area contributed by atoms with Gasteiger partial charge in [-0.05, 0) is 18.1 Å². The van der Waals surface area contributed by atoms with E-state index in [4.69, 9.17) is 25.1 Å². The predicted molar refractivity (Wildman–Crippen MR) is 73.9 cm³/mol. The number of hydrogen-bond acceptors (Lipinski definition) is 5. The van der Waals surface area contributed by atoms with Gasteiger partial charge in [-0.3, -0.25) is 4.79 Å². The number of aliphatic hydroxyl groups excluding tert-OH is 1. The molecule has 3 N–H and O–H groups in total. The number of primary amides is 1. The highest BCUT2D eigenvalue weighted by atomic mass is 16.5. The molecule has 1 aromatic rings. The number of nitrogens with two attached hydrogens (primary N) is 1. The van der Waals surface area contributed by atoms with Crippen molar-refractivity contribution >= 4 is 5.91 Å². The van der Waals surface area contributed by atoms with E-state index in [1.807, 2.05) is 6.07 Å². The minimum atomic E-state index is -0.512. The Kier molecular flexibility index (Phi) is 7.64. The van der Waals surface area contributed by atoms with Gasteiger partial charge in [0.05, 0.1) is 45.7 Å². The minimum absolute atomic E-state index is 0.0110. The van der Waals surface area contributed by atoms with Crippen LogP contribution in [0.5, 0.6) is 5.75 Å². The number of methoxy groups -OCH3 is 1. The van der Waals surface area contributed by atoms with Crippen LogP contribution in [0.4, 0.5) is 0 Å². The summed E-state index contributed by atoms with van der Waals surface area (Å²) < 4.78 is 15.7. The van der Waals surface area contributed by atoms with Crippen molar-refractivity contribution in [2.75, 3.05) is 40.1 Å². The number of rotatable bonds is 10. The Hall–Kier alpha value is -1.63. The number of carbonyl (C=O) groups excluding carboxylic acids is 1. The number of amides is 1. The third-order valence-corrected chi connectivity index (χ3v) is 2.69. The number of para-hydroxylation sites is 1. The fraction of sp³-hybridized carbons (Fsp3) is 0.500. The molecule has 0 atom stereocenters. The highest BCUT2D eigenvalue weighted by molar-refractivity contribution is 5.96. The highest BCUT2D eigenvalue weighted by Crippen LogP contribution is 2.23. The fourth-order valence-electron chi connectivity index (χ4n) is 1.79. The van der Waals surface area contributed by atoms with Gasteiger partial charge in [-0.15, -0.1) is 0 Å². The van der Waals surface area contributed by atoms with Crippen LogP contribution in [0.2, 0.25) is 0 Å². The van der Waals surface area contributed by atoms with Crippen LogP contribution < -0.4 is 10.5 Å². The van der Waals surface area contributed by atoms with Gasteiger partial charge in [0.25, 0.3) is 5.91 Å². The van der Waals surface area contributed by atoms with Crippen molar-refractivity contribution in [2.45, 2.75) is 6.42 Å². The van der Waals surface area contributed by atoms with Gasteiger partial charge < -0.3 is 25.1 Å². The Morgan fingerprint density at radius 3 is 2.50 bits per heavy atom. The van der Waals surface area contributed by atoms with Crippen LogP contribution in [-0.2, 0) is 15.9 Å². The molecule has 0 fully saturated rings. The molecular weight excluding hydrogens is 262 g/mol. The quantitative estimate of drug-likeness (QED) is 0.605. The van der Waals surface area contributed by atoms with E-state index in [9.17, 15) is 4.79 Å². The molecule has 0 heterocycles. The van der Waals surface area contributed by atoms with Crippen molar-refractivity contribution in [3.05, 3.63) is 29.3 Å².